The molecule has 100 valence electrons. The lowest BCUT2D eigenvalue weighted by Gasteiger charge is -2.16. The van der Waals surface area contributed by atoms with E-state index in [0.717, 1.165) is 17.3 Å². The van der Waals surface area contributed by atoms with Gasteiger partial charge in [-0.1, -0.05) is 57.9 Å². The van der Waals surface area contributed by atoms with E-state index in [2.05, 4.69) is 76.7 Å². The third-order valence-electron chi connectivity index (χ3n) is 3.37. The maximum Gasteiger partial charge on any atom is 0.0175 e. The van der Waals surface area contributed by atoms with Crippen LogP contribution in [0.2, 0.25) is 0 Å². The van der Waals surface area contributed by atoms with Crippen molar-refractivity contribution in [1.82, 2.24) is 5.32 Å². The molecule has 2 aromatic rings. The molecule has 0 heterocycles. The van der Waals surface area contributed by atoms with E-state index >= 15 is 0 Å². The van der Waals surface area contributed by atoms with Crippen LogP contribution in [0.3, 0.4) is 0 Å². The molecule has 1 atom stereocenters. The van der Waals surface area contributed by atoms with Crippen molar-refractivity contribution in [3.8, 4) is 0 Å². The molecule has 1 unspecified atom stereocenters. The molecule has 2 heteroatoms. The van der Waals surface area contributed by atoms with Crippen molar-refractivity contribution in [3.63, 3.8) is 0 Å². The van der Waals surface area contributed by atoms with Crippen LogP contribution in [-0.2, 0) is 12.8 Å². The van der Waals surface area contributed by atoms with E-state index in [-0.39, 0.29) is 0 Å². The van der Waals surface area contributed by atoms with Gasteiger partial charge in [0.15, 0.2) is 0 Å². The van der Waals surface area contributed by atoms with E-state index in [1.807, 2.05) is 7.05 Å². The first kappa shape index (κ1) is 14.3. The van der Waals surface area contributed by atoms with Crippen molar-refractivity contribution in [3.05, 3.63) is 69.7 Å². The zero-order valence-electron chi connectivity index (χ0n) is 11.5. The molecule has 0 saturated carbocycles. The van der Waals surface area contributed by atoms with Crippen LogP contribution >= 0.6 is 15.9 Å². The van der Waals surface area contributed by atoms with Crippen molar-refractivity contribution in [2.75, 3.05) is 7.05 Å². The van der Waals surface area contributed by atoms with Crippen LogP contribution in [0.5, 0.6) is 0 Å². The van der Waals surface area contributed by atoms with Crippen LogP contribution < -0.4 is 5.32 Å². The summed E-state index contributed by atoms with van der Waals surface area (Å²) in [5.74, 6) is 0. The smallest absolute Gasteiger partial charge is 0.0175 e. The first-order valence-corrected chi connectivity index (χ1v) is 7.44. The van der Waals surface area contributed by atoms with Gasteiger partial charge >= 0.3 is 0 Å². The molecule has 2 aromatic carbocycles. The Bertz CT molecular complexity index is 519. The minimum absolute atomic E-state index is 0.475. The summed E-state index contributed by atoms with van der Waals surface area (Å²) < 4.78 is 1.14. The van der Waals surface area contributed by atoms with Gasteiger partial charge in [0.25, 0.3) is 0 Å². The average Bonchev–Trinajstić information content (AvgIpc) is 2.40. The summed E-state index contributed by atoms with van der Waals surface area (Å²) in [7, 11) is 2.04. The van der Waals surface area contributed by atoms with Crippen molar-refractivity contribution in [2.24, 2.45) is 0 Å². The minimum Gasteiger partial charge on any atom is -0.316 e. The second-order valence-electron chi connectivity index (χ2n) is 5.01. The summed E-state index contributed by atoms with van der Waals surface area (Å²) in [5.41, 5.74) is 4.10. The number of benzene rings is 2. The van der Waals surface area contributed by atoms with Crippen LogP contribution in [-0.4, -0.2) is 13.1 Å². The Balaban J connectivity index is 2.02. The van der Waals surface area contributed by atoms with E-state index in [1.54, 1.807) is 0 Å². The third kappa shape index (κ3) is 4.48. The molecule has 0 aliphatic heterocycles. The molecule has 0 saturated heterocycles. The molecule has 0 bridgehead atoms. The van der Waals surface area contributed by atoms with Gasteiger partial charge in [0.1, 0.15) is 0 Å². The molecule has 0 spiro atoms. The molecule has 0 aliphatic rings. The first-order valence-electron chi connectivity index (χ1n) is 6.64. The van der Waals surface area contributed by atoms with Crippen LogP contribution in [0.25, 0.3) is 0 Å². The lowest BCUT2D eigenvalue weighted by Crippen LogP contribution is -2.29. The minimum atomic E-state index is 0.475. The lowest BCUT2D eigenvalue weighted by atomic mass is 9.98. The molecule has 1 nitrogen and oxygen atoms in total. The maximum absolute atomic E-state index is 3.47. The Hall–Kier alpha value is -1.12. The molecule has 0 aliphatic carbocycles. The highest BCUT2D eigenvalue weighted by Gasteiger charge is 2.08. The highest BCUT2D eigenvalue weighted by Crippen LogP contribution is 2.14. The normalized spacial score (nSPS) is 12.4. The van der Waals surface area contributed by atoms with Gasteiger partial charge in [-0.3, -0.25) is 0 Å². The van der Waals surface area contributed by atoms with Gasteiger partial charge in [-0.2, -0.15) is 0 Å². The molecule has 0 fully saturated rings. The summed E-state index contributed by atoms with van der Waals surface area (Å²) in [4.78, 5) is 0. The summed E-state index contributed by atoms with van der Waals surface area (Å²) in [5, 5.41) is 3.42. The number of likely N-dealkylation sites (N-methyl/N-ethyl adjacent to an activating group) is 1. The van der Waals surface area contributed by atoms with Crippen LogP contribution in [0.4, 0.5) is 0 Å². The van der Waals surface area contributed by atoms with E-state index < -0.39 is 0 Å². The van der Waals surface area contributed by atoms with Gasteiger partial charge in [-0.15, -0.1) is 0 Å². The Labute approximate surface area is 124 Å². The zero-order valence-corrected chi connectivity index (χ0v) is 13.1. The van der Waals surface area contributed by atoms with Gasteiger partial charge < -0.3 is 5.32 Å². The fraction of sp³-hybridized carbons (Fsp3) is 0.294. The van der Waals surface area contributed by atoms with Crippen LogP contribution in [0, 0.1) is 6.92 Å². The highest BCUT2D eigenvalue weighted by atomic mass is 79.9. The summed E-state index contributed by atoms with van der Waals surface area (Å²) >= 11 is 3.47. The summed E-state index contributed by atoms with van der Waals surface area (Å²) in [6.45, 7) is 2.15. The van der Waals surface area contributed by atoms with Crippen molar-refractivity contribution >= 4 is 15.9 Å². The maximum atomic E-state index is 3.47. The van der Waals surface area contributed by atoms with E-state index in [0.29, 0.717) is 6.04 Å². The van der Waals surface area contributed by atoms with E-state index in [4.69, 9.17) is 0 Å². The quantitative estimate of drug-likeness (QED) is 0.874. The van der Waals surface area contributed by atoms with Gasteiger partial charge in [-0.25, -0.2) is 0 Å². The predicted molar refractivity (Wildman–Crippen MR) is 85.6 cm³/mol. The number of rotatable bonds is 5. The third-order valence-corrected chi connectivity index (χ3v) is 3.90. The highest BCUT2D eigenvalue weighted by molar-refractivity contribution is 9.10. The van der Waals surface area contributed by atoms with Gasteiger partial charge in [0.05, 0.1) is 0 Å². The fourth-order valence-corrected chi connectivity index (χ4v) is 2.57. The Morgan fingerprint density at radius 2 is 1.68 bits per heavy atom. The molecule has 1 N–H and O–H groups in total. The second-order valence-corrected chi connectivity index (χ2v) is 5.93. The Morgan fingerprint density at radius 1 is 1.00 bits per heavy atom. The Kier molecular flexibility index (Phi) is 5.17. The monoisotopic (exact) mass is 317 g/mol. The summed E-state index contributed by atoms with van der Waals surface area (Å²) in [6, 6.07) is 17.8. The second kappa shape index (κ2) is 6.88. The molecular formula is C17H20BrN. The van der Waals surface area contributed by atoms with Crippen LogP contribution in [0.15, 0.2) is 53.0 Å². The zero-order chi connectivity index (χ0) is 13.7. The molecule has 2 rings (SSSR count). The number of hydrogen-bond acceptors (Lipinski definition) is 1. The lowest BCUT2D eigenvalue weighted by molar-refractivity contribution is 0.556. The van der Waals surface area contributed by atoms with Crippen molar-refractivity contribution < 1.29 is 0 Å². The molecular weight excluding hydrogens is 298 g/mol. The first-order chi connectivity index (χ1) is 9.17. The predicted octanol–water partition coefficient (Wildman–Crippen LogP) is 4.13. The van der Waals surface area contributed by atoms with Crippen molar-refractivity contribution in [2.45, 2.75) is 25.8 Å². The van der Waals surface area contributed by atoms with Gasteiger partial charge in [0.2, 0.25) is 0 Å². The molecule has 19 heavy (non-hydrogen) atoms. The SMILES string of the molecule is CNC(Cc1ccc(Br)cc1)Cc1cccc(C)c1. The molecule has 0 amide bonds. The average molecular weight is 318 g/mol. The number of halogens is 1. The standard InChI is InChI=1S/C17H20BrN/c1-13-4-3-5-15(10-13)12-17(19-2)11-14-6-8-16(18)9-7-14/h3-10,17,19H,11-12H2,1-2H3. The van der Waals surface area contributed by atoms with E-state index in [9.17, 15) is 0 Å². The molecule has 0 aromatic heterocycles. The van der Waals surface area contributed by atoms with Gasteiger partial charge in [0, 0.05) is 10.5 Å². The number of aryl methyl sites for hydroxylation is 1. The number of nitrogens with one attached hydrogen (secondary N) is 1. The largest absolute Gasteiger partial charge is 0.316 e. The van der Waals surface area contributed by atoms with E-state index in [1.165, 1.54) is 16.7 Å². The number of hydrogen-bond donors (Lipinski definition) is 1. The van der Waals surface area contributed by atoms with Crippen molar-refractivity contribution in [1.29, 1.82) is 0 Å². The van der Waals surface area contributed by atoms with Crippen LogP contribution in [0.1, 0.15) is 16.7 Å². The molecule has 0 radical (unpaired) electrons. The summed E-state index contributed by atoms with van der Waals surface area (Å²) in [6.07, 6.45) is 2.12. The topological polar surface area (TPSA) is 12.0 Å². The Morgan fingerprint density at radius 3 is 2.32 bits per heavy atom. The fourth-order valence-electron chi connectivity index (χ4n) is 2.30. The van der Waals surface area contributed by atoms with Gasteiger partial charge in [-0.05, 0) is 50.1 Å².